The first-order chi connectivity index (χ1) is 5.02. The van der Waals surface area contributed by atoms with Crippen molar-refractivity contribution in [1.29, 1.82) is 0 Å². The van der Waals surface area contributed by atoms with Crippen molar-refractivity contribution >= 4 is 0 Å². The molecule has 0 bridgehead atoms. The number of ether oxygens (including phenoxy) is 1. The molecule has 0 amide bonds. The van der Waals surface area contributed by atoms with Crippen LogP contribution in [0, 0.1) is 0 Å². The van der Waals surface area contributed by atoms with Gasteiger partial charge in [0.05, 0.1) is 18.8 Å². The van der Waals surface area contributed by atoms with Crippen molar-refractivity contribution in [2.45, 2.75) is 39.4 Å². The molecule has 2 nitrogen and oxygen atoms in total. The lowest BCUT2D eigenvalue weighted by Gasteiger charge is -2.12. The largest absolute Gasteiger partial charge is 0.390 e. The van der Waals surface area contributed by atoms with Crippen LogP contribution in [-0.4, -0.2) is 23.9 Å². The average molecular weight is 158 g/mol. The van der Waals surface area contributed by atoms with Gasteiger partial charge in [0.15, 0.2) is 0 Å². The van der Waals surface area contributed by atoms with Gasteiger partial charge in [0.2, 0.25) is 0 Å². The zero-order chi connectivity index (χ0) is 8.85. The zero-order valence-corrected chi connectivity index (χ0v) is 7.63. The highest BCUT2D eigenvalue weighted by Crippen LogP contribution is 2.02. The molecule has 0 aromatic carbocycles. The van der Waals surface area contributed by atoms with Gasteiger partial charge in [-0.15, -0.1) is 6.58 Å². The van der Waals surface area contributed by atoms with E-state index in [0.717, 1.165) is 5.57 Å². The summed E-state index contributed by atoms with van der Waals surface area (Å²) in [6.07, 6.45) is 0.428. The van der Waals surface area contributed by atoms with Gasteiger partial charge in [0.25, 0.3) is 0 Å². The minimum Gasteiger partial charge on any atom is -0.390 e. The maximum absolute atomic E-state index is 9.28. The van der Waals surface area contributed by atoms with Crippen LogP contribution in [0.1, 0.15) is 27.2 Å². The van der Waals surface area contributed by atoms with Crippen LogP contribution in [0.4, 0.5) is 0 Å². The molecular weight excluding hydrogens is 140 g/mol. The minimum atomic E-state index is -0.394. The minimum absolute atomic E-state index is 0.190. The quantitative estimate of drug-likeness (QED) is 0.617. The fourth-order valence-corrected chi connectivity index (χ4v) is 0.765. The third-order valence-corrected chi connectivity index (χ3v) is 1.21. The summed E-state index contributed by atoms with van der Waals surface area (Å²) < 4.78 is 5.21. The standard InChI is InChI=1S/C9H18O2/c1-7(2)5-9(10)6-11-8(3)4/h8-10H,1,5-6H2,2-4H3/t9-/m1/s1. The second-order valence-corrected chi connectivity index (χ2v) is 3.20. The monoisotopic (exact) mass is 158 g/mol. The Kier molecular flexibility index (Phi) is 5.16. The number of hydrogen-bond donors (Lipinski definition) is 1. The van der Waals surface area contributed by atoms with Crippen molar-refractivity contribution in [3.63, 3.8) is 0 Å². The van der Waals surface area contributed by atoms with Gasteiger partial charge < -0.3 is 9.84 Å². The second-order valence-electron chi connectivity index (χ2n) is 3.20. The highest BCUT2D eigenvalue weighted by molar-refractivity contribution is 4.90. The van der Waals surface area contributed by atoms with E-state index in [1.165, 1.54) is 0 Å². The highest BCUT2D eigenvalue weighted by Gasteiger charge is 2.04. The van der Waals surface area contributed by atoms with E-state index in [4.69, 9.17) is 4.74 Å². The fraction of sp³-hybridized carbons (Fsp3) is 0.778. The maximum Gasteiger partial charge on any atom is 0.0810 e. The van der Waals surface area contributed by atoms with Crippen molar-refractivity contribution in [2.75, 3.05) is 6.61 Å². The van der Waals surface area contributed by atoms with Gasteiger partial charge in [-0.3, -0.25) is 0 Å². The number of hydrogen-bond acceptors (Lipinski definition) is 2. The Bertz CT molecular complexity index is 119. The summed E-state index contributed by atoms with van der Waals surface area (Å²) in [7, 11) is 0. The molecule has 11 heavy (non-hydrogen) atoms. The van der Waals surface area contributed by atoms with Gasteiger partial charge in [-0.1, -0.05) is 5.57 Å². The summed E-state index contributed by atoms with van der Waals surface area (Å²) in [5.41, 5.74) is 0.991. The lowest BCUT2D eigenvalue weighted by Crippen LogP contribution is -2.18. The van der Waals surface area contributed by atoms with Gasteiger partial charge >= 0.3 is 0 Å². The first-order valence-electron chi connectivity index (χ1n) is 3.96. The van der Waals surface area contributed by atoms with Crippen molar-refractivity contribution in [1.82, 2.24) is 0 Å². The van der Waals surface area contributed by atoms with E-state index in [1.807, 2.05) is 20.8 Å². The van der Waals surface area contributed by atoms with Gasteiger partial charge in [-0.05, 0) is 27.2 Å². The summed E-state index contributed by atoms with van der Waals surface area (Å²) in [5, 5.41) is 9.28. The first-order valence-corrected chi connectivity index (χ1v) is 3.96. The molecule has 0 unspecified atom stereocenters. The van der Waals surface area contributed by atoms with Gasteiger partial charge in [-0.25, -0.2) is 0 Å². The molecule has 0 rings (SSSR count). The molecule has 0 spiro atoms. The third kappa shape index (κ3) is 7.56. The Morgan fingerprint density at radius 3 is 2.45 bits per heavy atom. The summed E-state index contributed by atoms with van der Waals surface area (Å²) in [6.45, 7) is 9.92. The van der Waals surface area contributed by atoms with Crippen LogP contribution in [0.15, 0.2) is 12.2 Å². The molecule has 0 fully saturated rings. The summed E-state index contributed by atoms with van der Waals surface area (Å²) in [6, 6.07) is 0. The number of rotatable bonds is 5. The molecule has 0 aromatic heterocycles. The van der Waals surface area contributed by atoms with E-state index in [1.54, 1.807) is 0 Å². The van der Waals surface area contributed by atoms with Crippen LogP contribution in [0.3, 0.4) is 0 Å². The van der Waals surface area contributed by atoms with Crippen LogP contribution in [0.5, 0.6) is 0 Å². The van der Waals surface area contributed by atoms with Crippen LogP contribution in [0.25, 0.3) is 0 Å². The van der Waals surface area contributed by atoms with Gasteiger partial charge in [0.1, 0.15) is 0 Å². The average Bonchev–Trinajstić information content (AvgIpc) is 1.82. The molecule has 2 heteroatoms. The third-order valence-electron chi connectivity index (χ3n) is 1.21. The molecule has 1 atom stereocenters. The second kappa shape index (κ2) is 5.33. The Morgan fingerprint density at radius 2 is 2.09 bits per heavy atom. The SMILES string of the molecule is C=C(C)C[C@@H](O)COC(C)C. The van der Waals surface area contributed by atoms with E-state index < -0.39 is 6.10 Å². The summed E-state index contributed by atoms with van der Waals surface area (Å²) in [5.74, 6) is 0. The molecule has 0 heterocycles. The van der Waals surface area contributed by atoms with Crippen molar-refractivity contribution in [3.05, 3.63) is 12.2 Å². The Balaban J connectivity index is 3.37. The van der Waals surface area contributed by atoms with Crippen molar-refractivity contribution < 1.29 is 9.84 Å². The molecule has 0 saturated heterocycles. The lowest BCUT2D eigenvalue weighted by molar-refractivity contribution is 0.00628. The Hall–Kier alpha value is -0.340. The van der Waals surface area contributed by atoms with Crippen LogP contribution in [0.2, 0.25) is 0 Å². The molecule has 1 N–H and O–H groups in total. The molecule has 0 radical (unpaired) electrons. The molecule has 0 aliphatic heterocycles. The topological polar surface area (TPSA) is 29.5 Å². The number of aliphatic hydroxyl groups excluding tert-OH is 1. The van der Waals surface area contributed by atoms with Crippen molar-refractivity contribution in [2.24, 2.45) is 0 Å². The van der Waals surface area contributed by atoms with Crippen molar-refractivity contribution in [3.8, 4) is 0 Å². The van der Waals surface area contributed by atoms with E-state index >= 15 is 0 Å². The van der Waals surface area contributed by atoms with E-state index in [-0.39, 0.29) is 6.10 Å². The molecule has 0 aliphatic carbocycles. The highest BCUT2D eigenvalue weighted by atomic mass is 16.5. The predicted octanol–water partition coefficient (Wildman–Crippen LogP) is 1.74. The Labute approximate surface area is 68.9 Å². The zero-order valence-electron chi connectivity index (χ0n) is 7.63. The van der Waals surface area contributed by atoms with E-state index in [0.29, 0.717) is 13.0 Å². The predicted molar refractivity (Wildman–Crippen MR) is 46.5 cm³/mol. The van der Waals surface area contributed by atoms with Gasteiger partial charge in [-0.2, -0.15) is 0 Å². The Morgan fingerprint density at radius 1 is 1.55 bits per heavy atom. The first kappa shape index (κ1) is 10.7. The molecule has 0 aromatic rings. The van der Waals surface area contributed by atoms with E-state index in [9.17, 15) is 5.11 Å². The normalized spacial score (nSPS) is 13.5. The molecule has 0 aliphatic rings. The van der Waals surface area contributed by atoms with Crippen LogP contribution < -0.4 is 0 Å². The van der Waals surface area contributed by atoms with Crippen LogP contribution in [-0.2, 0) is 4.74 Å². The number of aliphatic hydroxyl groups is 1. The van der Waals surface area contributed by atoms with Crippen LogP contribution >= 0.6 is 0 Å². The smallest absolute Gasteiger partial charge is 0.0810 e. The molecule has 66 valence electrons. The maximum atomic E-state index is 9.28. The van der Waals surface area contributed by atoms with E-state index in [2.05, 4.69) is 6.58 Å². The lowest BCUT2D eigenvalue weighted by atomic mass is 10.1. The summed E-state index contributed by atoms with van der Waals surface area (Å²) in [4.78, 5) is 0. The summed E-state index contributed by atoms with van der Waals surface area (Å²) >= 11 is 0. The fourth-order valence-electron chi connectivity index (χ4n) is 0.765. The molecular formula is C9H18O2. The van der Waals surface area contributed by atoms with Gasteiger partial charge in [0, 0.05) is 0 Å². The molecule has 0 saturated carbocycles.